The molecule has 0 bridgehead atoms. The predicted molar refractivity (Wildman–Crippen MR) is 103 cm³/mol. The van der Waals surface area contributed by atoms with Gasteiger partial charge >= 0.3 is 0 Å². The van der Waals surface area contributed by atoms with Gasteiger partial charge in [-0.2, -0.15) is 5.10 Å². The topological polar surface area (TPSA) is 57.5 Å². The Morgan fingerprint density at radius 1 is 1.04 bits per heavy atom. The second kappa shape index (κ2) is 7.32. The number of nitrogens with one attached hydrogen (secondary N) is 1. The minimum absolute atomic E-state index is 0.697. The summed E-state index contributed by atoms with van der Waals surface area (Å²) in [6.45, 7) is 6.57. The van der Waals surface area contributed by atoms with Gasteiger partial charge in [0.15, 0.2) is 0 Å². The molecule has 0 amide bonds. The number of nitrogens with zero attached hydrogens (tertiary/aromatic N) is 2. The van der Waals surface area contributed by atoms with Crippen LogP contribution in [-0.4, -0.2) is 36.1 Å². The third-order valence-corrected chi connectivity index (χ3v) is 4.95. The number of aromatic nitrogens is 2. The third kappa shape index (κ3) is 3.36. The van der Waals surface area contributed by atoms with Crippen molar-refractivity contribution >= 4 is 5.82 Å². The van der Waals surface area contributed by atoms with E-state index >= 15 is 0 Å². The van der Waals surface area contributed by atoms with Crippen molar-refractivity contribution in [2.75, 3.05) is 32.0 Å². The number of anilines is 1. The van der Waals surface area contributed by atoms with Crippen LogP contribution in [0.4, 0.5) is 5.82 Å². The standard InChI is InChI=1S/C21H24N4O/c1-16-7-9-18(10-8-16)25-21(22)20(17-5-3-2-4-6-17)19(23-25)15-24-11-13-26-14-12-24/h2-10H,11-15,22H2,1H3/p+1. The summed E-state index contributed by atoms with van der Waals surface area (Å²) < 4.78 is 7.36. The number of aryl methyl sites for hydroxylation is 1. The maximum absolute atomic E-state index is 6.58. The second-order valence-corrected chi connectivity index (χ2v) is 6.86. The van der Waals surface area contributed by atoms with E-state index in [4.69, 9.17) is 15.6 Å². The molecule has 4 rings (SSSR count). The molecule has 1 aliphatic heterocycles. The van der Waals surface area contributed by atoms with Gasteiger partial charge in [0.25, 0.3) is 0 Å². The lowest BCUT2D eigenvalue weighted by molar-refractivity contribution is -0.921. The normalized spacial score (nSPS) is 15.3. The van der Waals surface area contributed by atoms with Gasteiger partial charge in [-0.25, -0.2) is 4.68 Å². The van der Waals surface area contributed by atoms with E-state index in [9.17, 15) is 0 Å². The Hall–Kier alpha value is -2.63. The van der Waals surface area contributed by atoms with E-state index in [2.05, 4.69) is 43.3 Å². The molecule has 1 saturated heterocycles. The van der Waals surface area contributed by atoms with Gasteiger partial charge in [0, 0.05) is 0 Å². The fourth-order valence-electron chi connectivity index (χ4n) is 3.48. The van der Waals surface area contributed by atoms with E-state index in [1.54, 1.807) is 0 Å². The van der Waals surface area contributed by atoms with Crippen molar-refractivity contribution in [3.8, 4) is 16.8 Å². The fourth-order valence-corrected chi connectivity index (χ4v) is 3.48. The average molecular weight is 349 g/mol. The van der Waals surface area contributed by atoms with E-state index < -0.39 is 0 Å². The molecule has 3 aromatic rings. The van der Waals surface area contributed by atoms with E-state index in [0.29, 0.717) is 5.82 Å². The van der Waals surface area contributed by atoms with Gasteiger partial charge in [0.05, 0.1) is 24.5 Å². The molecular weight excluding hydrogens is 324 g/mol. The van der Waals surface area contributed by atoms with Crippen LogP contribution in [0, 0.1) is 6.92 Å². The molecule has 0 aliphatic carbocycles. The fraction of sp³-hybridized carbons (Fsp3) is 0.286. The van der Waals surface area contributed by atoms with Gasteiger partial charge in [0.2, 0.25) is 0 Å². The number of quaternary nitrogens is 1. The van der Waals surface area contributed by atoms with Crippen LogP contribution in [-0.2, 0) is 11.3 Å². The first-order chi connectivity index (χ1) is 12.7. The van der Waals surface area contributed by atoms with Crippen molar-refractivity contribution in [2.45, 2.75) is 13.5 Å². The summed E-state index contributed by atoms with van der Waals surface area (Å²) in [6, 6.07) is 18.6. The number of morpholine rings is 1. The number of hydrogen-bond donors (Lipinski definition) is 2. The van der Waals surface area contributed by atoms with Crippen molar-refractivity contribution in [1.29, 1.82) is 0 Å². The van der Waals surface area contributed by atoms with Crippen molar-refractivity contribution in [1.82, 2.24) is 9.78 Å². The van der Waals surface area contributed by atoms with Gasteiger partial charge in [-0.15, -0.1) is 0 Å². The number of benzene rings is 2. The van der Waals surface area contributed by atoms with Crippen LogP contribution >= 0.6 is 0 Å². The molecule has 5 nitrogen and oxygen atoms in total. The molecule has 5 heteroatoms. The van der Waals surface area contributed by atoms with E-state index in [1.165, 1.54) is 10.5 Å². The first kappa shape index (κ1) is 16.8. The monoisotopic (exact) mass is 349 g/mol. The summed E-state index contributed by atoms with van der Waals surface area (Å²) in [4.78, 5) is 1.49. The molecule has 26 heavy (non-hydrogen) atoms. The highest BCUT2D eigenvalue weighted by Gasteiger charge is 2.23. The molecule has 134 valence electrons. The minimum atomic E-state index is 0.697. The summed E-state index contributed by atoms with van der Waals surface area (Å²) in [5.41, 5.74) is 12.0. The lowest BCUT2D eigenvalue weighted by atomic mass is 10.0. The molecule has 1 fully saturated rings. The van der Waals surface area contributed by atoms with E-state index in [1.807, 2.05) is 22.9 Å². The van der Waals surface area contributed by atoms with Crippen LogP contribution in [0.25, 0.3) is 16.8 Å². The maximum atomic E-state index is 6.58. The molecular formula is C21H25N4O+. The third-order valence-electron chi connectivity index (χ3n) is 4.95. The highest BCUT2D eigenvalue weighted by Crippen LogP contribution is 2.31. The highest BCUT2D eigenvalue weighted by molar-refractivity contribution is 5.77. The van der Waals surface area contributed by atoms with Gasteiger partial charge in [-0.3, -0.25) is 0 Å². The zero-order valence-electron chi connectivity index (χ0n) is 15.1. The summed E-state index contributed by atoms with van der Waals surface area (Å²) in [5.74, 6) is 0.697. The molecule has 2 aromatic carbocycles. The highest BCUT2D eigenvalue weighted by atomic mass is 16.5. The van der Waals surface area contributed by atoms with Crippen LogP contribution in [0.5, 0.6) is 0 Å². The molecule has 2 heterocycles. The van der Waals surface area contributed by atoms with E-state index in [-0.39, 0.29) is 0 Å². The van der Waals surface area contributed by atoms with Crippen molar-refractivity contribution in [3.05, 3.63) is 65.9 Å². The Kier molecular flexibility index (Phi) is 4.73. The second-order valence-electron chi connectivity index (χ2n) is 6.86. The van der Waals surface area contributed by atoms with Gasteiger partial charge in [0.1, 0.15) is 31.1 Å². The van der Waals surface area contributed by atoms with Gasteiger partial charge in [-0.05, 0) is 24.6 Å². The number of nitrogen functional groups attached to an aromatic ring is 1. The molecule has 0 unspecified atom stereocenters. The largest absolute Gasteiger partial charge is 0.383 e. The predicted octanol–water partition coefficient (Wildman–Crippen LogP) is 1.85. The maximum Gasteiger partial charge on any atom is 0.135 e. The lowest BCUT2D eigenvalue weighted by Gasteiger charge is -2.23. The molecule has 0 radical (unpaired) electrons. The van der Waals surface area contributed by atoms with Crippen LogP contribution in [0.3, 0.4) is 0 Å². The first-order valence-electron chi connectivity index (χ1n) is 9.13. The molecule has 0 spiro atoms. The number of ether oxygens (including phenoxy) is 1. The summed E-state index contributed by atoms with van der Waals surface area (Å²) in [7, 11) is 0. The number of hydrogen-bond acceptors (Lipinski definition) is 3. The zero-order valence-corrected chi connectivity index (χ0v) is 15.1. The molecule has 1 aliphatic rings. The number of rotatable bonds is 4. The Balaban J connectivity index is 1.77. The quantitative estimate of drug-likeness (QED) is 0.756. The molecule has 3 N–H and O–H groups in total. The molecule has 0 saturated carbocycles. The molecule has 0 atom stereocenters. The van der Waals surface area contributed by atoms with Crippen LogP contribution in [0.2, 0.25) is 0 Å². The van der Waals surface area contributed by atoms with Crippen LogP contribution in [0.15, 0.2) is 54.6 Å². The summed E-state index contributed by atoms with van der Waals surface area (Å²) in [5, 5.41) is 4.91. The Labute approximate surface area is 154 Å². The molecule has 1 aromatic heterocycles. The van der Waals surface area contributed by atoms with Crippen LogP contribution < -0.4 is 10.6 Å². The van der Waals surface area contributed by atoms with Crippen molar-refractivity contribution in [2.24, 2.45) is 0 Å². The van der Waals surface area contributed by atoms with Gasteiger partial charge < -0.3 is 15.4 Å². The smallest absolute Gasteiger partial charge is 0.135 e. The zero-order chi connectivity index (χ0) is 17.9. The SMILES string of the molecule is Cc1ccc(-n2nc(C[NH+]3CCOCC3)c(-c3ccccc3)c2N)cc1. The van der Waals surface area contributed by atoms with Crippen LogP contribution in [0.1, 0.15) is 11.3 Å². The summed E-state index contributed by atoms with van der Waals surface area (Å²) >= 11 is 0. The minimum Gasteiger partial charge on any atom is -0.383 e. The first-order valence-corrected chi connectivity index (χ1v) is 9.13. The Morgan fingerprint density at radius 3 is 2.42 bits per heavy atom. The Morgan fingerprint density at radius 2 is 1.73 bits per heavy atom. The van der Waals surface area contributed by atoms with E-state index in [0.717, 1.165) is 55.4 Å². The van der Waals surface area contributed by atoms with Crippen molar-refractivity contribution < 1.29 is 9.64 Å². The summed E-state index contributed by atoms with van der Waals surface area (Å²) in [6.07, 6.45) is 0. The number of nitrogens with two attached hydrogens (primary N) is 1. The van der Waals surface area contributed by atoms with Crippen molar-refractivity contribution in [3.63, 3.8) is 0 Å². The Bertz CT molecular complexity index is 865. The van der Waals surface area contributed by atoms with Gasteiger partial charge in [-0.1, -0.05) is 48.0 Å². The lowest BCUT2D eigenvalue weighted by Crippen LogP contribution is -3.12. The average Bonchev–Trinajstić information content (AvgIpc) is 3.00.